The van der Waals surface area contributed by atoms with Crippen molar-refractivity contribution in [2.75, 3.05) is 25.0 Å². The molecule has 0 bridgehead atoms. The maximum absolute atomic E-state index is 12.0. The van der Waals surface area contributed by atoms with Crippen LogP contribution in [0.2, 0.25) is 0 Å². The fraction of sp³-hybridized carbons (Fsp3) is 0.429. The monoisotopic (exact) mass is 330 g/mol. The zero-order chi connectivity index (χ0) is 16.9. The molecule has 1 aliphatic heterocycles. The molecule has 0 saturated carbocycles. The Bertz CT molecular complexity index is 566. The number of rotatable bonds is 4. The Morgan fingerprint density at radius 3 is 2.43 bits per heavy atom. The second-order valence-corrected chi connectivity index (χ2v) is 4.99. The van der Waals surface area contributed by atoms with E-state index in [4.69, 9.17) is 5.73 Å². The van der Waals surface area contributed by atoms with Gasteiger partial charge in [-0.3, -0.25) is 4.79 Å². The molecular weight excluding hydrogens is 313 g/mol. The minimum Gasteiger partial charge on any atom is -0.406 e. The van der Waals surface area contributed by atoms with E-state index in [2.05, 4.69) is 15.0 Å². The Kier molecular flexibility index (Phi) is 5.30. The van der Waals surface area contributed by atoms with Crippen molar-refractivity contribution in [3.05, 3.63) is 24.3 Å². The van der Waals surface area contributed by atoms with Gasteiger partial charge in [0.1, 0.15) is 12.3 Å². The van der Waals surface area contributed by atoms with Gasteiger partial charge in [0.2, 0.25) is 5.91 Å². The number of nitrogens with zero attached hydrogens (tertiary/aromatic N) is 2. The first-order chi connectivity index (χ1) is 10.8. The van der Waals surface area contributed by atoms with Gasteiger partial charge in [0, 0.05) is 18.8 Å². The summed E-state index contributed by atoms with van der Waals surface area (Å²) in [5, 5.41) is 2.70. The van der Waals surface area contributed by atoms with Crippen LogP contribution < -0.4 is 15.8 Å². The molecule has 1 saturated heterocycles. The molecule has 1 aromatic rings. The molecule has 1 fully saturated rings. The lowest BCUT2D eigenvalue weighted by Gasteiger charge is -2.13. The number of hydrogen-bond donors (Lipinski definition) is 2. The van der Waals surface area contributed by atoms with Crippen LogP contribution in [0, 0.1) is 0 Å². The minimum absolute atomic E-state index is 0.0158. The highest BCUT2D eigenvalue weighted by atomic mass is 19.4. The number of carbonyl (C=O) groups excluding carboxylic acids is 1. The van der Waals surface area contributed by atoms with E-state index in [1.807, 2.05) is 0 Å². The smallest absolute Gasteiger partial charge is 0.406 e. The van der Waals surface area contributed by atoms with Gasteiger partial charge in [-0.1, -0.05) is 0 Å². The number of anilines is 1. The largest absolute Gasteiger partial charge is 0.573 e. The van der Waals surface area contributed by atoms with Gasteiger partial charge >= 0.3 is 6.36 Å². The number of nitrogens with one attached hydrogen (secondary N) is 1. The first-order valence-corrected chi connectivity index (χ1v) is 7.04. The summed E-state index contributed by atoms with van der Waals surface area (Å²) >= 11 is 0. The number of benzene rings is 1. The SMILES string of the molecule is NC(=NCC(=O)N1CCCC1)Nc1ccc(OC(F)(F)F)cc1. The lowest BCUT2D eigenvalue weighted by molar-refractivity contribution is -0.274. The van der Waals surface area contributed by atoms with Crippen molar-refractivity contribution in [3.8, 4) is 5.75 Å². The average Bonchev–Trinajstić information content (AvgIpc) is 2.99. The minimum atomic E-state index is -4.73. The van der Waals surface area contributed by atoms with E-state index in [0.717, 1.165) is 38.1 Å². The lowest BCUT2D eigenvalue weighted by atomic mass is 10.3. The summed E-state index contributed by atoms with van der Waals surface area (Å²) < 4.78 is 39.9. The number of amides is 1. The van der Waals surface area contributed by atoms with Crippen LogP contribution in [0.15, 0.2) is 29.3 Å². The van der Waals surface area contributed by atoms with Gasteiger partial charge in [-0.15, -0.1) is 13.2 Å². The van der Waals surface area contributed by atoms with E-state index in [9.17, 15) is 18.0 Å². The number of ether oxygens (including phenoxy) is 1. The van der Waals surface area contributed by atoms with Gasteiger partial charge in [0.25, 0.3) is 0 Å². The van der Waals surface area contributed by atoms with E-state index >= 15 is 0 Å². The van der Waals surface area contributed by atoms with Crippen LogP contribution in [0.25, 0.3) is 0 Å². The predicted octanol–water partition coefficient (Wildman–Crippen LogP) is 1.93. The van der Waals surface area contributed by atoms with Crippen LogP contribution in [-0.4, -0.2) is 42.8 Å². The molecule has 0 spiro atoms. The molecule has 6 nitrogen and oxygen atoms in total. The van der Waals surface area contributed by atoms with E-state index < -0.39 is 6.36 Å². The van der Waals surface area contributed by atoms with Crippen LogP contribution in [0.5, 0.6) is 5.75 Å². The van der Waals surface area contributed by atoms with Crippen LogP contribution in [0.3, 0.4) is 0 Å². The van der Waals surface area contributed by atoms with E-state index in [0.29, 0.717) is 5.69 Å². The summed E-state index contributed by atoms with van der Waals surface area (Å²) in [4.78, 5) is 17.4. The van der Waals surface area contributed by atoms with Crippen molar-refractivity contribution in [1.82, 2.24) is 4.90 Å². The Morgan fingerprint density at radius 1 is 1.26 bits per heavy atom. The van der Waals surface area contributed by atoms with E-state index in [1.54, 1.807) is 4.90 Å². The highest BCUT2D eigenvalue weighted by Gasteiger charge is 2.30. The van der Waals surface area contributed by atoms with Crippen LogP contribution >= 0.6 is 0 Å². The van der Waals surface area contributed by atoms with Crippen molar-refractivity contribution in [2.45, 2.75) is 19.2 Å². The Hall–Kier alpha value is -2.45. The standard InChI is InChI=1S/C14H17F3N4O2/c15-14(16,17)23-11-5-3-10(4-6-11)20-13(18)19-9-12(22)21-7-1-2-8-21/h3-6H,1-2,7-9H2,(H3,18,19,20). The van der Waals surface area contributed by atoms with Crippen molar-refractivity contribution in [1.29, 1.82) is 0 Å². The molecule has 23 heavy (non-hydrogen) atoms. The molecule has 0 aliphatic carbocycles. The van der Waals surface area contributed by atoms with Gasteiger partial charge in [-0.05, 0) is 37.1 Å². The van der Waals surface area contributed by atoms with Crippen molar-refractivity contribution >= 4 is 17.6 Å². The lowest BCUT2D eigenvalue weighted by Crippen LogP contribution is -2.31. The molecule has 0 aromatic heterocycles. The molecule has 3 N–H and O–H groups in total. The summed E-state index contributed by atoms with van der Waals surface area (Å²) in [6.45, 7) is 1.42. The molecule has 1 aromatic carbocycles. The number of nitrogens with two attached hydrogens (primary N) is 1. The van der Waals surface area contributed by atoms with E-state index in [-0.39, 0.29) is 24.2 Å². The number of hydrogen-bond acceptors (Lipinski definition) is 3. The van der Waals surface area contributed by atoms with Crippen molar-refractivity contribution in [3.63, 3.8) is 0 Å². The number of guanidine groups is 1. The van der Waals surface area contributed by atoms with Gasteiger partial charge in [0.05, 0.1) is 0 Å². The maximum Gasteiger partial charge on any atom is 0.573 e. The zero-order valence-electron chi connectivity index (χ0n) is 12.3. The summed E-state index contributed by atoms with van der Waals surface area (Å²) in [6.07, 6.45) is -2.74. The van der Waals surface area contributed by atoms with Gasteiger partial charge in [-0.25, -0.2) is 4.99 Å². The quantitative estimate of drug-likeness (QED) is 0.653. The number of aliphatic imine (C=N–C) groups is 1. The molecular formula is C14H17F3N4O2. The second kappa shape index (κ2) is 7.21. The average molecular weight is 330 g/mol. The third-order valence-corrected chi connectivity index (χ3v) is 3.20. The number of carbonyl (C=O) groups is 1. The van der Waals surface area contributed by atoms with Crippen molar-refractivity contribution < 1.29 is 22.7 Å². The topological polar surface area (TPSA) is 80.0 Å². The summed E-state index contributed by atoms with van der Waals surface area (Å²) in [7, 11) is 0. The van der Waals surface area contributed by atoms with Crippen LogP contribution in [0.1, 0.15) is 12.8 Å². The first-order valence-electron chi connectivity index (χ1n) is 7.04. The summed E-state index contributed by atoms with van der Waals surface area (Å²) in [5.74, 6) is -0.411. The molecule has 126 valence electrons. The van der Waals surface area contributed by atoms with Gasteiger partial charge in [0.15, 0.2) is 5.96 Å². The van der Waals surface area contributed by atoms with Crippen LogP contribution in [-0.2, 0) is 4.79 Å². The molecule has 1 aliphatic rings. The second-order valence-electron chi connectivity index (χ2n) is 4.99. The zero-order valence-corrected chi connectivity index (χ0v) is 12.3. The molecule has 0 atom stereocenters. The number of likely N-dealkylation sites (tertiary alicyclic amines) is 1. The normalized spacial score (nSPS) is 15.6. The summed E-state index contributed by atoms with van der Waals surface area (Å²) in [5.41, 5.74) is 6.09. The fourth-order valence-electron chi connectivity index (χ4n) is 2.15. The fourth-order valence-corrected chi connectivity index (χ4v) is 2.15. The maximum atomic E-state index is 12.0. The molecule has 9 heteroatoms. The highest BCUT2D eigenvalue weighted by Crippen LogP contribution is 2.23. The van der Waals surface area contributed by atoms with Crippen LogP contribution in [0.4, 0.5) is 18.9 Å². The number of alkyl halides is 3. The molecule has 1 heterocycles. The third-order valence-electron chi connectivity index (χ3n) is 3.20. The Balaban J connectivity index is 1.85. The highest BCUT2D eigenvalue weighted by molar-refractivity contribution is 5.93. The van der Waals surface area contributed by atoms with Crippen molar-refractivity contribution in [2.24, 2.45) is 10.7 Å². The van der Waals surface area contributed by atoms with Gasteiger partial charge < -0.3 is 20.7 Å². The molecule has 2 rings (SSSR count). The Morgan fingerprint density at radius 2 is 1.87 bits per heavy atom. The molecule has 0 radical (unpaired) electrons. The summed E-state index contributed by atoms with van der Waals surface area (Å²) in [6, 6.07) is 5.04. The third kappa shape index (κ3) is 5.68. The molecule has 1 amide bonds. The first kappa shape index (κ1) is 16.9. The van der Waals surface area contributed by atoms with Gasteiger partial charge in [-0.2, -0.15) is 0 Å². The van der Waals surface area contributed by atoms with E-state index in [1.165, 1.54) is 12.1 Å². The predicted molar refractivity (Wildman–Crippen MR) is 79.1 cm³/mol. The molecule has 0 unspecified atom stereocenters. The number of halogens is 3. The Labute approximate surface area is 131 Å².